The van der Waals surface area contributed by atoms with Gasteiger partial charge in [-0.05, 0) is 27.2 Å². The van der Waals surface area contributed by atoms with Crippen molar-refractivity contribution < 1.29 is 9.47 Å². The van der Waals surface area contributed by atoms with Crippen molar-refractivity contribution in [2.45, 2.75) is 58.3 Å². The highest BCUT2D eigenvalue weighted by Crippen LogP contribution is 2.51. The van der Waals surface area contributed by atoms with Crippen LogP contribution in [0.1, 0.15) is 41.0 Å². The van der Waals surface area contributed by atoms with Gasteiger partial charge in [0.2, 0.25) is 0 Å². The quantitative estimate of drug-likeness (QED) is 0.597. The Hall–Kier alpha value is -0.810. The predicted molar refractivity (Wildman–Crippen MR) is 83.2 cm³/mol. The van der Waals surface area contributed by atoms with Crippen LogP contribution in [0, 0.1) is 5.41 Å². The molecule has 2 unspecified atom stereocenters. The minimum Gasteiger partial charge on any atom is -0.378 e. The van der Waals surface area contributed by atoms with Crippen LogP contribution in [0.4, 0.5) is 0 Å². The number of nitrogens with one attached hydrogen (secondary N) is 2. The van der Waals surface area contributed by atoms with Crippen molar-refractivity contribution in [1.82, 2.24) is 10.6 Å². The fourth-order valence-corrected chi connectivity index (χ4v) is 2.45. The van der Waals surface area contributed by atoms with E-state index in [0.717, 1.165) is 12.4 Å². The van der Waals surface area contributed by atoms with Crippen molar-refractivity contribution in [2.75, 3.05) is 27.8 Å². The van der Waals surface area contributed by atoms with Gasteiger partial charge < -0.3 is 20.1 Å². The van der Waals surface area contributed by atoms with Gasteiger partial charge in [0.15, 0.2) is 5.96 Å². The maximum Gasteiger partial charge on any atom is 0.191 e. The number of hydrogen-bond donors (Lipinski definition) is 2. The van der Waals surface area contributed by atoms with Crippen molar-refractivity contribution >= 4 is 5.96 Å². The summed E-state index contributed by atoms with van der Waals surface area (Å²) in [4.78, 5) is 4.28. The first-order valence-electron chi connectivity index (χ1n) is 7.19. The highest BCUT2D eigenvalue weighted by atomic mass is 16.5. The van der Waals surface area contributed by atoms with E-state index in [1.807, 2.05) is 13.8 Å². The molecule has 20 heavy (non-hydrogen) atoms. The van der Waals surface area contributed by atoms with E-state index in [2.05, 4.69) is 36.4 Å². The van der Waals surface area contributed by atoms with Crippen LogP contribution in [-0.2, 0) is 9.47 Å². The zero-order valence-corrected chi connectivity index (χ0v) is 14.3. The summed E-state index contributed by atoms with van der Waals surface area (Å²) in [6.45, 7) is 11.4. The molecule has 2 atom stereocenters. The van der Waals surface area contributed by atoms with Crippen molar-refractivity contribution in [3.05, 3.63) is 0 Å². The molecule has 1 fully saturated rings. The predicted octanol–water partition coefficient (Wildman–Crippen LogP) is 1.78. The Kier molecular flexibility index (Phi) is 5.08. The second-order valence-corrected chi connectivity index (χ2v) is 6.95. The molecule has 0 amide bonds. The molecule has 0 aromatic heterocycles. The van der Waals surface area contributed by atoms with Crippen molar-refractivity contribution in [1.29, 1.82) is 0 Å². The monoisotopic (exact) mass is 285 g/mol. The van der Waals surface area contributed by atoms with E-state index >= 15 is 0 Å². The average molecular weight is 285 g/mol. The Morgan fingerprint density at radius 3 is 2.30 bits per heavy atom. The lowest BCUT2D eigenvalue weighted by molar-refractivity contribution is -0.176. The molecule has 1 aliphatic carbocycles. The Balaban J connectivity index is 2.56. The molecule has 0 aromatic carbocycles. The molecule has 2 N–H and O–H groups in total. The van der Waals surface area contributed by atoms with E-state index in [9.17, 15) is 0 Å². The summed E-state index contributed by atoms with van der Waals surface area (Å²) in [5.74, 6) is 0.811. The fourth-order valence-electron chi connectivity index (χ4n) is 2.45. The lowest BCUT2D eigenvalue weighted by Gasteiger charge is -2.59. The number of rotatable bonds is 5. The highest BCUT2D eigenvalue weighted by molar-refractivity contribution is 5.80. The van der Waals surface area contributed by atoms with Gasteiger partial charge in [0.1, 0.15) is 0 Å². The second-order valence-electron chi connectivity index (χ2n) is 6.95. The van der Waals surface area contributed by atoms with Gasteiger partial charge in [-0.15, -0.1) is 0 Å². The van der Waals surface area contributed by atoms with Crippen LogP contribution < -0.4 is 10.6 Å². The molecular weight excluding hydrogens is 254 g/mol. The summed E-state index contributed by atoms with van der Waals surface area (Å²) < 4.78 is 11.0. The van der Waals surface area contributed by atoms with Gasteiger partial charge in [-0.1, -0.05) is 13.8 Å². The zero-order chi connectivity index (χ0) is 15.6. The number of methoxy groups -OCH3 is 2. The van der Waals surface area contributed by atoms with Crippen LogP contribution in [0.3, 0.4) is 0 Å². The Bertz CT molecular complexity index is 366. The van der Waals surface area contributed by atoms with Gasteiger partial charge in [0, 0.05) is 39.3 Å². The van der Waals surface area contributed by atoms with E-state index in [4.69, 9.17) is 9.47 Å². The highest BCUT2D eigenvalue weighted by Gasteiger charge is 2.58. The third-order valence-electron chi connectivity index (χ3n) is 5.05. The summed E-state index contributed by atoms with van der Waals surface area (Å²) >= 11 is 0. The Morgan fingerprint density at radius 1 is 1.30 bits per heavy atom. The smallest absolute Gasteiger partial charge is 0.191 e. The molecular formula is C15H31N3O2. The van der Waals surface area contributed by atoms with Gasteiger partial charge in [-0.3, -0.25) is 4.99 Å². The fraction of sp³-hybridized carbons (Fsp3) is 0.933. The van der Waals surface area contributed by atoms with Crippen molar-refractivity contribution in [3.8, 4) is 0 Å². The molecule has 0 saturated heterocycles. The van der Waals surface area contributed by atoms with Crippen LogP contribution in [0.5, 0.6) is 0 Å². The summed E-state index contributed by atoms with van der Waals surface area (Å²) in [7, 11) is 5.29. The molecule has 5 nitrogen and oxygen atoms in total. The van der Waals surface area contributed by atoms with Crippen LogP contribution in [0.2, 0.25) is 0 Å². The van der Waals surface area contributed by atoms with E-state index < -0.39 is 0 Å². The minimum absolute atomic E-state index is 0.0656. The second kappa shape index (κ2) is 5.90. The summed E-state index contributed by atoms with van der Waals surface area (Å²) in [6.07, 6.45) is 0.977. The molecule has 1 rings (SSSR count). The largest absolute Gasteiger partial charge is 0.378 e. The molecule has 0 heterocycles. The summed E-state index contributed by atoms with van der Waals surface area (Å²) in [5.41, 5.74) is -0.223. The molecule has 0 spiro atoms. The first-order chi connectivity index (χ1) is 9.12. The van der Waals surface area contributed by atoms with E-state index in [1.165, 1.54) is 0 Å². The molecule has 0 aliphatic heterocycles. The lowest BCUT2D eigenvalue weighted by atomic mass is 9.56. The lowest BCUT2D eigenvalue weighted by Crippen LogP contribution is -2.69. The van der Waals surface area contributed by atoms with Crippen LogP contribution in [-0.4, -0.2) is 51.0 Å². The number of nitrogens with zero attached hydrogens (tertiary/aromatic N) is 1. The topological polar surface area (TPSA) is 54.9 Å². The van der Waals surface area contributed by atoms with Gasteiger partial charge in [-0.25, -0.2) is 0 Å². The third-order valence-corrected chi connectivity index (χ3v) is 5.05. The van der Waals surface area contributed by atoms with E-state index in [1.54, 1.807) is 21.3 Å². The first-order valence-corrected chi connectivity index (χ1v) is 7.19. The van der Waals surface area contributed by atoms with Crippen molar-refractivity contribution in [3.63, 3.8) is 0 Å². The van der Waals surface area contributed by atoms with Gasteiger partial charge in [-0.2, -0.15) is 0 Å². The number of guanidine groups is 1. The molecule has 0 aromatic rings. The minimum atomic E-state index is -0.214. The molecule has 0 radical (unpaired) electrons. The average Bonchev–Trinajstić information content (AvgIpc) is 2.41. The Labute approximate surface area is 123 Å². The van der Waals surface area contributed by atoms with Crippen LogP contribution >= 0.6 is 0 Å². The molecule has 0 bridgehead atoms. The van der Waals surface area contributed by atoms with Gasteiger partial charge >= 0.3 is 0 Å². The van der Waals surface area contributed by atoms with Crippen LogP contribution in [0.25, 0.3) is 0 Å². The van der Waals surface area contributed by atoms with Gasteiger partial charge in [0.05, 0.1) is 11.2 Å². The first kappa shape index (κ1) is 17.2. The normalized spacial score (nSPS) is 29.8. The Morgan fingerprint density at radius 2 is 1.90 bits per heavy atom. The van der Waals surface area contributed by atoms with E-state index in [-0.39, 0.29) is 16.6 Å². The van der Waals surface area contributed by atoms with Crippen LogP contribution in [0.15, 0.2) is 4.99 Å². The number of ether oxygens (including phenoxy) is 2. The molecule has 118 valence electrons. The summed E-state index contributed by atoms with van der Waals surface area (Å²) in [6, 6.07) is 0.351. The maximum absolute atomic E-state index is 5.65. The molecule has 1 aliphatic rings. The van der Waals surface area contributed by atoms with Gasteiger partial charge in [0.25, 0.3) is 0 Å². The summed E-state index contributed by atoms with van der Waals surface area (Å²) in [5, 5.41) is 6.80. The zero-order valence-electron chi connectivity index (χ0n) is 14.3. The maximum atomic E-state index is 5.65. The van der Waals surface area contributed by atoms with Crippen molar-refractivity contribution in [2.24, 2.45) is 10.4 Å². The standard InChI is InChI=1S/C15H31N3O2/c1-13(2,19-7)10-17-12(16-6)18-11-9-15(5,20-8)14(11,3)4/h11H,9-10H2,1-8H3,(H2,16,17,18). The molecule has 5 heteroatoms. The number of aliphatic imine (C=N–C) groups is 1. The van der Waals surface area contributed by atoms with E-state index in [0.29, 0.717) is 12.6 Å². The SMILES string of the molecule is CN=C(NCC(C)(C)OC)NC1CC(C)(OC)C1(C)C. The molecule has 1 saturated carbocycles. The third kappa shape index (κ3) is 3.26. The number of hydrogen-bond acceptors (Lipinski definition) is 3.